The highest BCUT2D eigenvalue weighted by molar-refractivity contribution is 5.82. The van der Waals surface area contributed by atoms with E-state index in [-0.39, 0.29) is 12.2 Å². The molecule has 0 radical (unpaired) electrons. The molecular weight excluding hydrogens is 393 g/mol. The number of hydrogen-bond donors (Lipinski definition) is 1. The number of piperazine rings is 1. The molecule has 1 atom stereocenters. The first-order chi connectivity index (χ1) is 14.1. The lowest BCUT2D eigenvalue weighted by Gasteiger charge is -2.38. The molecule has 168 valence electrons. The molecule has 0 amide bonds. The van der Waals surface area contributed by atoms with Crippen LogP contribution in [0.4, 0.5) is 4.39 Å². The molecule has 0 aromatic heterocycles. The molecule has 1 aromatic carbocycles. The molecule has 0 aliphatic carbocycles. The van der Waals surface area contributed by atoms with Gasteiger partial charge in [-0.1, -0.05) is 12.1 Å². The molecule has 1 aromatic rings. The molecule has 1 saturated heterocycles. The van der Waals surface area contributed by atoms with Crippen LogP contribution in [0.15, 0.2) is 24.3 Å². The molecule has 0 bridgehead atoms. The number of halogens is 1. The molecule has 1 unspecified atom stereocenters. The number of carbonyl (C=O) groups is 3. The average molecular weight is 426 g/mol. The summed E-state index contributed by atoms with van der Waals surface area (Å²) in [5.74, 6) is 3.69. The predicted octanol–water partition coefficient (Wildman–Crippen LogP) is 1.67. The molecule has 30 heavy (non-hydrogen) atoms. The molecule has 0 saturated carbocycles. The lowest BCUT2D eigenvalue weighted by Crippen LogP contribution is -2.53. The zero-order chi connectivity index (χ0) is 22.7. The summed E-state index contributed by atoms with van der Waals surface area (Å²) in [6, 6.07) is 5.65. The monoisotopic (exact) mass is 425 g/mol. The van der Waals surface area contributed by atoms with Crippen LogP contribution in [-0.2, 0) is 30.5 Å². The summed E-state index contributed by atoms with van der Waals surface area (Å²) in [6.45, 7) is 10.1. The Kier molecular flexibility index (Phi) is 10.6. The van der Waals surface area contributed by atoms with Crippen molar-refractivity contribution in [3.63, 3.8) is 0 Å². The van der Waals surface area contributed by atoms with E-state index < -0.39 is 23.6 Å². The number of hydrogen-bond acceptors (Lipinski definition) is 8. The minimum absolute atomic E-state index is 0.106. The van der Waals surface area contributed by atoms with Crippen molar-refractivity contribution in [1.29, 1.82) is 0 Å². The second kappa shape index (κ2) is 12.4. The standard InChI is InChI=1S/C19H28FN3O4.C2H4O/c1-19(2,3)26-17(24)12-16(18(25)27-21)23-10-8-22(9-11-23)13-14-4-6-15(20)7-5-14;1-2-3/h4-7,16H,8-13,21H2,1-3H3;2H,1H3. The number of aldehydes is 1. The Morgan fingerprint density at radius 3 is 2.17 bits per heavy atom. The number of nitrogens with zero attached hydrogens (tertiary/aromatic N) is 2. The number of ether oxygens (including phenoxy) is 1. The molecule has 2 rings (SSSR count). The first kappa shape index (κ1) is 25.7. The minimum Gasteiger partial charge on any atom is -0.460 e. The largest absolute Gasteiger partial charge is 0.460 e. The molecule has 2 N–H and O–H groups in total. The third-order valence-corrected chi connectivity index (χ3v) is 4.34. The molecule has 1 aliphatic rings. The van der Waals surface area contributed by atoms with Gasteiger partial charge in [0.25, 0.3) is 0 Å². The van der Waals surface area contributed by atoms with Crippen LogP contribution in [0.1, 0.15) is 39.7 Å². The van der Waals surface area contributed by atoms with Gasteiger partial charge in [-0.2, -0.15) is 5.90 Å². The first-order valence-corrected chi connectivity index (χ1v) is 9.82. The van der Waals surface area contributed by atoms with Gasteiger partial charge in [-0.15, -0.1) is 0 Å². The van der Waals surface area contributed by atoms with Crippen LogP contribution in [0.2, 0.25) is 0 Å². The summed E-state index contributed by atoms with van der Waals surface area (Å²) >= 11 is 0. The Hall–Kier alpha value is -2.36. The Morgan fingerprint density at radius 2 is 1.70 bits per heavy atom. The van der Waals surface area contributed by atoms with Gasteiger partial charge in [-0.05, 0) is 45.4 Å². The summed E-state index contributed by atoms with van der Waals surface area (Å²) < 4.78 is 18.3. The van der Waals surface area contributed by atoms with Crippen LogP contribution >= 0.6 is 0 Å². The fourth-order valence-electron chi connectivity index (χ4n) is 3.06. The minimum atomic E-state index is -0.766. The van der Waals surface area contributed by atoms with Crippen LogP contribution in [-0.4, -0.2) is 65.8 Å². The summed E-state index contributed by atoms with van der Waals surface area (Å²) in [7, 11) is 0. The maximum atomic E-state index is 13.0. The van der Waals surface area contributed by atoms with Crippen LogP contribution in [0, 0.1) is 5.82 Å². The van der Waals surface area contributed by atoms with Crippen molar-refractivity contribution >= 4 is 18.2 Å². The summed E-state index contributed by atoms with van der Waals surface area (Å²) in [4.78, 5) is 41.5. The predicted molar refractivity (Wildman–Crippen MR) is 110 cm³/mol. The number of carbonyl (C=O) groups excluding carboxylic acids is 3. The summed E-state index contributed by atoms with van der Waals surface area (Å²) in [6.07, 6.45) is 0.644. The van der Waals surface area contributed by atoms with Gasteiger partial charge in [0, 0.05) is 32.7 Å². The van der Waals surface area contributed by atoms with Gasteiger partial charge in [0.05, 0.1) is 6.42 Å². The number of nitrogens with two attached hydrogens (primary N) is 1. The molecule has 1 heterocycles. The van der Waals surface area contributed by atoms with Crippen molar-refractivity contribution in [3.05, 3.63) is 35.6 Å². The SMILES string of the molecule is CC(C)(C)OC(=O)CC(C(=O)ON)N1CCN(Cc2ccc(F)cc2)CC1.CC=O. The average Bonchev–Trinajstić information content (AvgIpc) is 2.67. The summed E-state index contributed by atoms with van der Waals surface area (Å²) in [5, 5.41) is 0. The third-order valence-electron chi connectivity index (χ3n) is 4.34. The first-order valence-electron chi connectivity index (χ1n) is 9.82. The highest BCUT2D eigenvalue weighted by Gasteiger charge is 2.33. The lowest BCUT2D eigenvalue weighted by atomic mass is 10.1. The molecule has 0 spiro atoms. The van der Waals surface area contributed by atoms with Crippen molar-refractivity contribution in [2.24, 2.45) is 5.90 Å². The Morgan fingerprint density at radius 1 is 1.17 bits per heavy atom. The lowest BCUT2D eigenvalue weighted by molar-refractivity contribution is -0.163. The number of benzene rings is 1. The zero-order valence-corrected chi connectivity index (χ0v) is 18.1. The molecule has 1 aliphatic heterocycles. The fourth-order valence-corrected chi connectivity index (χ4v) is 3.06. The van der Waals surface area contributed by atoms with E-state index in [4.69, 9.17) is 15.4 Å². The van der Waals surface area contributed by atoms with Gasteiger partial charge in [-0.3, -0.25) is 14.6 Å². The maximum absolute atomic E-state index is 13.0. The van der Waals surface area contributed by atoms with E-state index in [1.54, 1.807) is 32.9 Å². The van der Waals surface area contributed by atoms with Crippen molar-refractivity contribution in [3.8, 4) is 0 Å². The van der Waals surface area contributed by atoms with Gasteiger partial charge >= 0.3 is 11.9 Å². The van der Waals surface area contributed by atoms with E-state index in [0.717, 1.165) is 11.8 Å². The molecule has 9 heteroatoms. The van der Waals surface area contributed by atoms with Crippen LogP contribution in [0.25, 0.3) is 0 Å². The second-order valence-electron chi connectivity index (χ2n) is 7.92. The van der Waals surface area contributed by atoms with Crippen LogP contribution in [0.3, 0.4) is 0 Å². The second-order valence-corrected chi connectivity index (χ2v) is 7.92. The normalized spacial score (nSPS) is 16.1. The molecule has 1 fully saturated rings. The van der Waals surface area contributed by atoms with E-state index >= 15 is 0 Å². The highest BCUT2D eigenvalue weighted by Crippen LogP contribution is 2.16. The highest BCUT2D eigenvalue weighted by atomic mass is 19.1. The van der Waals surface area contributed by atoms with E-state index in [2.05, 4.69) is 9.74 Å². The van der Waals surface area contributed by atoms with E-state index in [9.17, 15) is 14.0 Å². The number of rotatable bonds is 6. The van der Waals surface area contributed by atoms with Crippen molar-refractivity contribution in [2.75, 3.05) is 26.2 Å². The van der Waals surface area contributed by atoms with Crippen LogP contribution in [0.5, 0.6) is 0 Å². The zero-order valence-electron chi connectivity index (χ0n) is 18.1. The Balaban J connectivity index is 0.00000141. The van der Waals surface area contributed by atoms with Crippen LogP contribution < -0.4 is 5.90 Å². The van der Waals surface area contributed by atoms with Gasteiger partial charge in [-0.25, -0.2) is 9.18 Å². The fraction of sp³-hybridized carbons (Fsp3) is 0.571. The number of esters is 1. The van der Waals surface area contributed by atoms with E-state index in [1.165, 1.54) is 19.1 Å². The van der Waals surface area contributed by atoms with Crippen molar-refractivity contribution in [2.45, 2.75) is 52.3 Å². The Labute approximate surface area is 177 Å². The van der Waals surface area contributed by atoms with Gasteiger partial charge in [0.2, 0.25) is 0 Å². The van der Waals surface area contributed by atoms with Gasteiger partial charge in [0.1, 0.15) is 23.7 Å². The van der Waals surface area contributed by atoms with Gasteiger partial charge < -0.3 is 14.4 Å². The smallest absolute Gasteiger partial charge is 0.342 e. The third kappa shape index (κ3) is 9.43. The van der Waals surface area contributed by atoms with Crippen molar-refractivity contribution in [1.82, 2.24) is 9.80 Å². The van der Waals surface area contributed by atoms with Gasteiger partial charge in [0.15, 0.2) is 0 Å². The maximum Gasteiger partial charge on any atom is 0.342 e. The molecular formula is C21H32FN3O5. The van der Waals surface area contributed by atoms with Crippen molar-refractivity contribution < 1.29 is 28.3 Å². The summed E-state index contributed by atoms with van der Waals surface area (Å²) in [5.41, 5.74) is 0.402. The molecule has 8 nitrogen and oxygen atoms in total. The van der Waals surface area contributed by atoms with E-state index in [0.29, 0.717) is 32.7 Å². The topological polar surface area (TPSA) is 102 Å². The quantitative estimate of drug-likeness (QED) is 0.417. The van der Waals surface area contributed by atoms with E-state index in [1.807, 2.05) is 4.90 Å². The Bertz CT molecular complexity index is 683.